The van der Waals surface area contributed by atoms with Crippen molar-refractivity contribution in [2.45, 2.75) is 32.0 Å². The molecule has 1 amide bonds. The second kappa shape index (κ2) is 2.48. The van der Waals surface area contributed by atoms with E-state index >= 15 is 0 Å². The van der Waals surface area contributed by atoms with Crippen LogP contribution in [-0.4, -0.2) is 36.1 Å². The highest BCUT2D eigenvalue weighted by atomic mass is 16.5. The summed E-state index contributed by atoms with van der Waals surface area (Å²) < 4.78 is 5.45. The van der Waals surface area contributed by atoms with E-state index in [4.69, 9.17) is 4.74 Å². The van der Waals surface area contributed by atoms with E-state index in [2.05, 4.69) is 0 Å². The van der Waals surface area contributed by atoms with E-state index in [1.165, 1.54) is 0 Å². The van der Waals surface area contributed by atoms with Crippen LogP contribution in [0.5, 0.6) is 0 Å². The number of carbonyl (C=O) groups excluding carboxylic acids is 1. The Balaban J connectivity index is 2.12. The largest absolute Gasteiger partial charge is 0.363 e. The van der Waals surface area contributed by atoms with Gasteiger partial charge in [0.2, 0.25) is 0 Å². The predicted octanol–water partition coefficient (Wildman–Crippen LogP) is 0.396. The van der Waals surface area contributed by atoms with E-state index < -0.39 is 0 Å². The van der Waals surface area contributed by atoms with Crippen LogP contribution in [0.1, 0.15) is 19.8 Å². The molecule has 2 fully saturated rings. The van der Waals surface area contributed by atoms with E-state index in [9.17, 15) is 4.79 Å². The summed E-state index contributed by atoms with van der Waals surface area (Å²) >= 11 is 0. The quantitative estimate of drug-likeness (QED) is 0.548. The fourth-order valence-electron chi connectivity index (χ4n) is 1.85. The first-order chi connectivity index (χ1) is 5.31. The van der Waals surface area contributed by atoms with Gasteiger partial charge in [0.05, 0.1) is 6.10 Å². The lowest BCUT2D eigenvalue weighted by atomic mass is 10.2. The van der Waals surface area contributed by atoms with Gasteiger partial charge in [-0.2, -0.15) is 0 Å². The molecule has 2 saturated heterocycles. The zero-order chi connectivity index (χ0) is 7.84. The Morgan fingerprint density at radius 2 is 2.45 bits per heavy atom. The summed E-state index contributed by atoms with van der Waals surface area (Å²) in [6.45, 7) is 3.66. The molecule has 0 aromatic heterocycles. The van der Waals surface area contributed by atoms with Crippen molar-refractivity contribution < 1.29 is 9.53 Å². The molecule has 11 heavy (non-hydrogen) atoms. The van der Waals surface area contributed by atoms with Crippen molar-refractivity contribution in [2.24, 2.45) is 0 Å². The summed E-state index contributed by atoms with van der Waals surface area (Å²) in [4.78, 5) is 13.3. The SMILES string of the molecule is CCN1CC2CCC(O2)C1=O. The lowest BCUT2D eigenvalue weighted by Crippen LogP contribution is -2.47. The Bertz CT molecular complexity index is 181. The molecule has 2 aliphatic heterocycles. The molecule has 2 heterocycles. The van der Waals surface area contributed by atoms with Gasteiger partial charge in [0.1, 0.15) is 6.10 Å². The maximum atomic E-state index is 11.4. The smallest absolute Gasteiger partial charge is 0.251 e. The van der Waals surface area contributed by atoms with Gasteiger partial charge >= 0.3 is 0 Å². The van der Waals surface area contributed by atoms with Crippen molar-refractivity contribution in [1.29, 1.82) is 0 Å². The standard InChI is InChI=1S/C8H13NO2/c1-2-9-5-6-3-4-7(11-6)8(9)10/h6-7H,2-5H2,1H3. The van der Waals surface area contributed by atoms with E-state index in [1.54, 1.807) is 0 Å². The minimum Gasteiger partial charge on any atom is -0.363 e. The monoisotopic (exact) mass is 155 g/mol. The van der Waals surface area contributed by atoms with Crippen molar-refractivity contribution in [2.75, 3.05) is 13.1 Å². The van der Waals surface area contributed by atoms with Crippen LogP contribution >= 0.6 is 0 Å². The van der Waals surface area contributed by atoms with Crippen LogP contribution in [0.3, 0.4) is 0 Å². The first-order valence-electron chi connectivity index (χ1n) is 4.25. The number of likely N-dealkylation sites (N-methyl/N-ethyl adjacent to an activating group) is 1. The zero-order valence-corrected chi connectivity index (χ0v) is 6.75. The van der Waals surface area contributed by atoms with Crippen LogP contribution in [0.4, 0.5) is 0 Å². The molecule has 3 nitrogen and oxygen atoms in total. The number of fused-ring (bicyclic) bond motifs is 2. The summed E-state index contributed by atoms with van der Waals surface area (Å²) in [5.41, 5.74) is 0. The minimum absolute atomic E-state index is 0.103. The fourth-order valence-corrected chi connectivity index (χ4v) is 1.85. The van der Waals surface area contributed by atoms with Crippen LogP contribution in [0.25, 0.3) is 0 Å². The van der Waals surface area contributed by atoms with E-state index in [1.807, 2.05) is 11.8 Å². The van der Waals surface area contributed by atoms with Gasteiger partial charge in [-0.3, -0.25) is 4.79 Å². The third-order valence-corrected chi connectivity index (χ3v) is 2.50. The van der Waals surface area contributed by atoms with Gasteiger partial charge in [-0.25, -0.2) is 0 Å². The summed E-state index contributed by atoms with van der Waals surface area (Å²) in [7, 11) is 0. The Morgan fingerprint density at radius 3 is 3.18 bits per heavy atom. The second-order valence-corrected chi connectivity index (χ2v) is 3.20. The van der Waals surface area contributed by atoms with E-state index in [0.717, 1.165) is 25.9 Å². The number of amides is 1. The van der Waals surface area contributed by atoms with Crippen LogP contribution in [0.15, 0.2) is 0 Å². The third kappa shape index (κ3) is 1.03. The van der Waals surface area contributed by atoms with Gasteiger partial charge in [0.15, 0.2) is 0 Å². The van der Waals surface area contributed by atoms with Gasteiger partial charge in [-0.15, -0.1) is 0 Å². The Labute approximate surface area is 66.3 Å². The Hall–Kier alpha value is -0.570. The topological polar surface area (TPSA) is 29.5 Å². The first kappa shape index (κ1) is 7.10. The summed E-state index contributed by atoms with van der Waals surface area (Å²) in [5, 5.41) is 0. The lowest BCUT2D eigenvalue weighted by molar-refractivity contribution is -0.152. The van der Waals surface area contributed by atoms with Crippen molar-refractivity contribution in [3.05, 3.63) is 0 Å². The zero-order valence-electron chi connectivity index (χ0n) is 6.75. The maximum absolute atomic E-state index is 11.4. The predicted molar refractivity (Wildman–Crippen MR) is 40.1 cm³/mol. The van der Waals surface area contributed by atoms with Gasteiger partial charge in [-0.05, 0) is 19.8 Å². The van der Waals surface area contributed by atoms with Gasteiger partial charge < -0.3 is 9.64 Å². The number of nitrogens with zero attached hydrogens (tertiary/aromatic N) is 1. The molecule has 0 aromatic rings. The number of hydrogen-bond acceptors (Lipinski definition) is 2. The molecule has 2 unspecified atom stereocenters. The average molecular weight is 155 g/mol. The molecule has 2 aliphatic rings. The van der Waals surface area contributed by atoms with Crippen molar-refractivity contribution in [1.82, 2.24) is 4.90 Å². The van der Waals surface area contributed by atoms with Gasteiger partial charge in [0.25, 0.3) is 5.91 Å². The molecule has 0 N–H and O–H groups in total. The van der Waals surface area contributed by atoms with Crippen LogP contribution in [0, 0.1) is 0 Å². The Morgan fingerprint density at radius 1 is 1.64 bits per heavy atom. The van der Waals surface area contributed by atoms with Crippen LogP contribution < -0.4 is 0 Å². The van der Waals surface area contributed by atoms with E-state index in [-0.39, 0.29) is 12.0 Å². The molecule has 0 aromatic carbocycles. The molecule has 0 spiro atoms. The Kier molecular flexibility index (Phi) is 1.60. The molecule has 0 aliphatic carbocycles. The molecule has 2 rings (SSSR count). The summed E-state index contributed by atoms with van der Waals surface area (Å²) in [6, 6.07) is 0. The molecule has 0 radical (unpaired) electrons. The molecule has 2 bridgehead atoms. The molecular weight excluding hydrogens is 142 g/mol. The van der Waals surface area contributed by atoms with Crippen molar-refractivity contribution in [3.8, 4) is 0 Å². The number of carbonyl (C=O) groups is 1. The van der Waals surface area contributed by atoms with E-state index in [0.29, 0.717) is 6.10 Å². The number of morpholine rings is 1. The normalized spacial score (nSPS) is 36.5. The third-order valence-electron chi connectivity index (χ3n) is 2.50. The maximum Gasteiger partial charge on any atom is 0.251 e. The molecule has 2 atom stereocenters. The van der Waals surface area contributed by atoms with Crippen LogP contribution in [0.2, 0.25) is 0 Å². The number of hydrogen-bond donors (Lipinski definition) is 0. The highest BCUT2D eigenvalue weighted by molar-refractivity contribution is 5.82. The van der Waals surface area contributed by atoms with Crippen LogP contribution in [-0.2, 0) is 9.53 Å². The summed E-state index contributed by atoms with van der Waals surface area (Å²) in [6.07, 6.45) is 2.22. The molecule has 0 saturated carbocycles. The fraction of sp³-hybridized carbons (Fsp3) is 0.875. The highest BCUT2D eigenvalue weighted by Crippen LogP contribution is 2.26. The second-order valence-electron chi connectivity index (χ2n) is 3.20. The molecular formula is C8H13NO2. The highest BCUT2D eigenvalue weighted by Gasteiger charge is 2.39. The number of ether oxygens (including phenoxy) is 1. The van der Waals surface area contributed by atoms with Gasteiger partial charge in [0, 0.05) is 13.1 Å². The number of likely N-dealkylation sites (tertiary alicyclic amines) is 1. The lowest BCUT2D eigenvalue weighted by Gasteiger charge is -2.30. The molecule has 3 heteroatoms. The summed E-state index contributed by atoms with van der Waals surface area (Å²) in [5.74, 6) is 0.196. The average Bonchev–Trinajstić information content (AvgIpc) is 2.42. The first-order valence-corrected chi connectivity index (χ1v) is 4.25. The number of rotatable bonds is 1. The molecule has 62 valence electrons. The minimum atomic E-state index is -0.103. The van der Waals surface area contributed by atoms with Crippen molar-refractivity contribution in [3.63, 3.8) is 0 Å². The van der Waals surface area contributed by atoms with Gasteiger partial charge in [-0.1, -0.05) is 0 Å². The van der Waals surface area contributed by atoms with Crippen molar-refractivity contribution >= 4 is 5.91 Å².